The molecule has 2 amide bonds. The van der Waals surface area contributed by atoms with Gasteiger partial charge in [-0.2, -0.15) is 0 Å². The summed E-state index contributed by atoms with van der Waals surface area (Å²) in [5.74, 6) is 0.213. The molecule has 0 aliphatic rings. The molecule has 0 saturated heterocycles. The van der Waals surface area contributed by atoms with E-state index in [1.807, 2.05) is 45.2 Å². The van der Waals surface area contributed by atoms with Gasteiger partial charge in [0.15, 0.2) is 0 Å². The van der Waals surface area contributed by atoms with Crippen LogP contribution in [0.2, 0.25) is 0 Å². The van der Waals surface area contributed by atoms with Gasteiger partial charge in [0.1, 0.15) is 0 Å². The lowest BCUT2D eigenvalue weighted by Gasteiger charge is -2.28. The van der Waals surface area contributed by atoms with Crippen molar-refractivity contribution in [3.05, 3.63) is 0 Å². The predicted octanol–water partition coefficient (Wildman–Crippen LogP) is 7.46. The molecule has 0 aromatic rings. The van der Waals surface area contributed by atoms with Crippen molar-refractivity contribution in [3.63, 3.8) is 0 Å². The molecule has 0 radical (unpaired) electrons. The quantitative estimate of drug-likeness (QED) is 0.110. The smallest absolute Gasteiger partial charge is 0.229 e. The minimum Gasteiger partial charge on any atom is -0.355 e. The Balaban J connectivity index is -0.000000435. The summed E-state index contributed by atoms with van der Waals surface area (Å²) in [4.78, 5) is 21.8. The third-order valence-corrected chi connectivity index (χ3v) is 7.08. The lowest BCUT2D eigenvalue weighted by molar-refractivity contribution is -0.119. The van der Waals surface area contributed by atoms with E-state index in [0.717, 1.165) is 38.8 Å². The van der Waals surface area contributed by atoms with Crippen LogP contribution in [0.5, 0.6) is 0 Å². The van der Waals surface area contributed by atoms with Gasteiger partial charge in [-0.3, -0.25) is 9.59 Å². The molecule has 2 N–H and O–H groups in total. The van der Waals surface area contributed by atoms with Gasteiger partial charge >= 0.3 is 0 Å². The summed E-state index contributed by atoms with van der Waals surface area (Å²) >= 11 is 4.10. The summed E-state index contributed by atoms with van der Waals surface area (Å²) in [5.41, 5.74) is 0.667. The fourth-order valence-corrected chi connectivity index (χ4v) is 3.55. The van der Waals surface area contributed by atoms with Crippen molar-refractivity contribution < 1.29 is 9.59 Å². The highest BCUT2D eigenvalue weighted by molar-refractivity contribution is 14.1. The summed E-state index contributed by atoms with van der Waals surface area (Å²) in [7, 11) is 0. The molecule has 0 fully saturated rings. The zero-order valence-corrected chi connectivity index (χ0v) is 25.0. The second-order valence-corrected chi connectivity index (χ2v) is 9.17. The lowest BCUT2D eigenvalue weighted by Crippen LogP contribution is -2.25. The normalized spacial score (nSPS) is 10.3. The Morgan fingerprint density at radius 1 is 0.600 bits per heavy atom. The summed E-state index contributed by atoms with van der Waals surface area (Å²) in [5, 5.41) is 5.67. The van der Waals surface area contributed by atoms with E-state index in [0.29, 0.717) is 14.3 Å². The Labute approximate surface area is 215 Å². The van der Waals surface area contributed by atoms with E-state index in [1.54, 1.807) is 0 Å². The number of alkyl halides is 2. The first-order valence-electron chi connectivity index (χ1n) is 12.0. The molecule has 0 bridgehead atoms. The Bertz CT molecular complexity index is 335. The summed E-state index contributed by atoms with van der Waals surface area (Å²) in [6, 6.07) is 0. The third kappa shape index (κ3) is 24.7. The van der Waals surface area contributed by atoms with Crippen molar-refractivity contribution >= 4 is 57.0 Å². The molecule has 0 aromatic heterocycles. The van der Waals surface area contributed by atoms with Crippen LogP contribution >= 0.6 is 45.2 Å². The molecule has 0 aromatic carbocycles. The number of hydrogen-bond donors (Lipinski definition) is 2. The maximum atomic E-state index is 10.9. The molecule has 0 spiro atoms. The monoisotopic (exact) mass is 652 g/mol. The maximum Gasteiger partial charge on any atom is 0.229 e. The Morgan fingerprint density at radius 2 is 0.933 bits per heavy atom. The molecule has 30 heavy (non-hydrogen) atoms. The topological polar surface area (TPSA) is 58.2 Å². The standard InChI is InChI=1S/C10H18I2N2O2.C9H20.C5H12/c11-7-9(15)13-5-3-1-2-4-6-14-10(16)8-12;1-5-9(6-2,7-3)8-4;1-3-5-4-2/h1-8H2,(H,13,15)(H,14,16);5-8H2,1-4H3;3-5H2,1-2H3. The van der Waals surface area contributed by atoms with Gasteiger partial charge in [0.2, 0.25) is 11.8 Å². The number of amides is 2. The van der Waals surface area contributed by atoms with Gasteiger partial charge < -0.3 is 10.6 Å². The second-order valence-electron chi connectivity index (χ2n) is 7.65. The first-order chi connectivity index (χ1) is 14.4. The average molecular weight is 652 g/mol. The fourth-order valence-electron chi connectivity index (χ4n) is 3.01. The Hall–Kier alpha value is 0.400. The van der Waals surface area contributed by atoms with Crippen LogP contribution in [-0.4, -0.2) is 33.8 Å². The van der Waals surface area contributed by atoms with E-state index in [1.165, 1.54) is 44.9 Å². The number of unbranched alkanes of at least 4 members (excludes halogenated alkanes) is 5. The van der Waals surface area contributed by atoms with Crippen molar-refractivity contribution in [1.82, 2.24) is 10.6 Å². The number of carbonyl (C=O) groups excluding carboxylic acids is 2. The molecule has 4 nitrogen and oxygen atoms in total. The molecule has 0 heterocycles. The first-order valence-corrected chi connectivity index (χ1v) is 15.1. The third-order valence-electron chi connectivity index (χ3n) is 5.70. The number of halogens is 2. The largest absolute Gasteiger partial charge is 0.355 e. The van der Waals surface area contributed by atoms with E-state index < -0.39 is 0 Å². The van der Waals surface area contributed by atoms with Gasteiger partial charge in [0.05, 0.1) is 8.86 Å². The molecule has 182 valence electrons. The predicted molar refractivity (Wildman–Crippen MR) is 151 cm³/mol. The van der Waals surface area contributed by atoms with Crippen LogP contribution in [-0.2, 0) is 9.59 Å². The highest BCUT2D eigenvalue weighted by Crippen LogP contribution is 2.33. The number of hydrogen-bond acceptors (Lipinski definition) is 2. The van der Waals surface area contributed by atoms with Crippen molar-refractivity contribution in [1.29, 1.82) is 0 Å². The van der Waals surface area contributed by atoms with E-state index in [9.17, 15) is 9.59 Å². The van der Waals surface area contributed by atoms with Crippen LogP contribution in [0.25, 0.3) is 0 Å². The molecule has 0 aliphatic carbocycles. The second kappa shape index (κ2) is 27.4. The minimum absolute atomic E-state index is 0.106. The molecular formula is C24H50I2N2O2. The molecule has 0 atom stereocenters. The molecule has 0 saturated carbocycles. The van der Waals surface area contributed by atoms with Crippen molar-refractivity contribution in [2.45, 2.75) is 112 Å². The summed E-state index contributed by atoms with van der Waals surface area (Å²) in [6.07, 6.45) is 13.7. The average Bonchev–Trinajstić information content (AvgIpc) is 2.78. The van der Waals surface area contributed by atoms with E-state index in [4.69, 9.17) is 0 Å². The number of rotatable bonds is 15. The van der Waals surface area contributed by atoms with Crippen molar-refractivity contribution in [2.24, 2.45) is 5.41 Å². The maximum absolute atomic E-state index is 10.9. The van der Waals surface area contributed by atoms with E-state index >= 15 is 0 Å². The lowest BCUT2D eigenvalue weighted by atomic mass is 9.78. The Morgan fingerprint density at radius 3 is 1.10 bits per heavy atom. The van der Waals surface area contributed by atoms with Gasteiger partial charge in [-0.25, -0.2) is 0 Å². The zero-order chi connectivity index (χ0) is 23.7. The SMILES string of the molecule is CCC(CC)(CC)CC.CCCCC.O=C(CI)NCCCCCCNC(=O)CI. The number of carbonyl (C=O) groups is 2. The summed E-state index contributed by atoms with van der Waals surface area (Å²) in [6.45, 7) is 15.2. The minimum atomic E-state index is 0.106. The van der Waals surface area contributed by atoms with Crippen LogP contribution in [0.4, 0.5) is 0 Å². The number of nitrogens with one attached hydrogen (secondary N) is 2. The molecule has 0 aliphatic heterocycles. The van der Waals surface area contributed by atoms with E-state index in [-0.39, 0.29) is 11.8 Å². The molecular weight excluding hydrogens is 602 g/mol. The molecule has 0 rings (SSSR count). The highest BCUT2D eigenvalue weighted by Gasteiger charge is 2.20. The van der Waals surface area contributed by atoms with Crippen LogP contribution < -0.4 is 10.6 Å². The van der Waals surface area contributed by atoms with Crippen LogP contribution in [0.15, 0.2) is 0 Å². The highest BCUT2D eigenvalue weighted by atomic mass is 127. The Kier molecular flexibility index (Phi) is 32.0. The van der Waals surface area contributed by atoms with Gasteiger partial charge in [-0.05, 0) is 18.3 Å². The van der Waals surface area contributed by atoms with Crippen LogP contribution in [0.1, 0.15) is 112 Å². The van der Waals surface area contributed by atoms with Crippen LogP contribution in [0, 0.1) is 5.41 Å². The van der Waals surface area contributed by atoms with Gasteiger partial charge in [-0.1, -0.05) is 145 Å². The zero-order valence-electron chi connectivity index (χ0n) is 20.7. The molecule has 0 unspecified atom stereocenters. The van der Waals surface area contributed by atoms with Gasteiger partial charge in [0, 0.05) is 13.1 Å². The fraction of sp³-hybridized carbons (Fsp3) is 0.917. The van der Waals surface area contributed by atoms with Crippen molar-refractivity contribution in [2.75, 3.05) is 21.9 Å². The van der Waals surface area contributed by atoms with Crippen LogP contribution in [0.3, 0.4) is 0 Å². The van der Waals surface area contributed by atoms with Gasteiger partial charge in [0.25, 0.3) is 0 Å². The van der Waals surface area contributed by atoms with Crippen molar-refractivity contribution in [3.8, 4) is 0 Å². The summed E-state index contributed by atoms with van der Waals surface area (Å²) < 4.78 is 1.06. The molecule has 6 heteroatoms. The van der Waals surface area contributed by atoms with E-state index in [2.05, 4.69) is 52.2 Å². The first kappa shape index (κ1) is 35.0. The van der Waals surface area contributed by atoms with Gasteiger partial charge in [-0.15, -0.1) is 0 Å².